The molecule has 0 radical (unpaired) electrons. The van der Waals surface area contributed by atoms with Gasteiger partial charge in [-0.2, -0.15) is 0 Å². The maximum atomic E-state index is 12.7. The van der Waals surface area contributed by atoms with Crippen LogP contribution in [-0.2, 0) is 25.5 Å². The first-order chi connectivity index (χ1) is 12.4. The number of rotatable bonds is 6. The Balaban J connectivity index is 2.11. The number of hydrogen-bond donors (Lipinski definition) is 1. The quantitative estimate of drug-likeness (QED) is 0.767. The summed E-state index contributed by atoms with van der Waals surface area (Å²) in [7, 11) is 0. The number of nitrogens with one attached hydrogen (secondary N) is 1. The Morgan fingerprint density at radius 3 is 2.46 bits per heavy atom. The molecule has 0 unspecified atom stereocenters. The molecule has 142 valence electrons. The monoisotopic (exact) mass is 380 g/mol. The van der Waals surface area contributed by atoms with E-state index in [2.05, 4.69) is 5.32 Å². The van der Waals surface area contributed by atoms with Crippen LogP contribution in [0.1, 0.15) is 32.3 Å². The van der Waals surface area contributed by atoms with Crippen LogP contribution in [0.25, 0.3) is 0 Å². The lowest BCUT2D eigenvalue weighted by molar-refractivity contribution is -0.160. The summed E-state index contributed by atoms with van der Waals surface area (Å²) in [5.41, 5.74) is 0.214. The molecule has 1 saturated heterocycles. The highest BCUT2D eigenvalue weighted by Gasteiger charge is 2.43. The number of likely N-dealkylation sites (tertiary alicyclic amines) is 1. The minimum Gasteiger partial charge on any atom is -0.466 e. The molecule has 6 nitrogen and oxygen atoms in total. The number of ether oxygens (including phenoxy) is 1. The fourth-order valence-corrected chi connectivity index (χ4v) is 3.44. The molecule has 1 aliphatic heterocycles. The molecular formula is C19H25ClN2O4. The predicted octanol–water partition coefficient (Wildman–Crippen LogP) is 2.19. The smallest absolute Gasteiger partial charge is 0.312 e. The lowest BCUT2D eigenvalue weighted by atomic mass is 9.73. The van der Waals surface area contributed by atoms with E-state index in [0.717, 1.165) is 5.56 Å². The van der Waals surface area contributed by atoms with Crippen molar-refractivity contribution in [2.24, 2.45) is 5.41 Å². The number of hydrogen-bond acceptors (Lipinski definition) is 4. The molecule has 1 heterocycles. The highest BCUT2D eigenvalue weighted by molar-refractivity contribution is 6.31. The number of amides is 2. The van der Waals surface area contributed by atoms with Crippen molar-refractivity contribution < 1.29 is 19.1 Å². The van der Waals surface area contributed by atoms with E-state index in [1.165, 1.54) is 6.92 Å². The molecule has 0 aromatic heterocycles. The second-order valence-corrected chi connectivity index (χ2v) is 6.97. The summed E-state index contributed by atoms with van der Waals surface area (Å²) in [6, 6.07) is 7.47. The van der Waals surface area contributed by atoms with Crippen LogP contribution in [0.2, 0.25) is 5.02 Å². The average molecular weight is 381 g/mol. The fourth-order valence-electron chi connectivity index (χ4n) is 3.24. The first-order valence-electron chi connectivity index (χ1n) is 8.81. The van der Waals surface area contributed by atoms with Gasteiger partial charge < -0.3 is 15.0 Å². The summed E-state index contributed by atoms with van der Waals surface area (Å²) < 4.78 is 5.33. The van der Waals surface area contributed by atoms with E-state index in [1.54, 1.807) is 11.8 Å². The van der Waals surface area contributed by atoms with Gasteiger partial charge in [0.1, 0.15) is 0 Å². The highest BCUT2D eigenvalue weighted by atomic mass is 35.5. The van der Waals surface area contributed by atoms with Crippen molar-refractivity contribution in [2.75, 3.05) is 26.2 Å². The molecule has 0 spiro atoms. The van der Waals surface area contributed by atoms with E-state index in [9.17, 15) is 14.4 Å². The molecule has 2 rings (SSSR count). The number of benzene rings is 1. The lowest BCUT2D eigenvalue weighted by Gasteiger charge is -2.40. The number of nitrogens with zero attached hydrogens (tertiary/aromatic N) is 1. The van der Waals surface area contributed by atoms with Crippen LogP contribution in [0.5, 0.6) is 0 Å². The Kier molecular flexibility index (Phi) is 7.03. The highest BCUT2D eigenvalue weighted by Crippen LogP contribution is 2.38. The van der Waals surface area contributed by atoms with Gasteiger partial charge in [0, 0.05) is 25.0 Å². The van der Waals surface area contributed by atoms with Crippen LogP contribution in [0.4, 0.5) is 0 Å². The second-order valence-electron chi connectivity index (χ2n) is 6.56. The van der Waals surface area contributed by atoms with Crippen LogP contribution in [0, 0.1) is 5.41 Å². The zero-order valence-electron chi connectivity index (χ0n) is 15.2. The normalized spacial score (nSPS) is 16.0. The third-order valence-corrected chi connectivity index (χ3v) is 5.13. The number of carbonyl (C=O) groups excluding carboxylic acids is 3. The Bertz CT molecular complexity index is 669. The number of halogens is 1. The molecule has 26 heavy (non-hydrogen) atoms. The minimum absolute atomic E-state index is 0.0216. The summed E-state index contributed by atoms with van der Waals surface area (Å²) in [5.74, 6) is -0.626. The molecule has 7 heteroatoms. The predicted molar refractivity (Wildman–Crippen MR) is 98.7 cm³/mol. The summed E-state index contributed by atoms with van der Waals surface area (Å²) in [6.07, 6.45) is 1.49. The Morgan fingerprint density at radius 2 is 1.88 bits per heavy atom. The zero-order chi connectivity index (χ0) is 19.2. The number of piperidine rings is 1. The van der Waals surface area contributed by atoms with Gasteiger partial charge >= 0.3 is 5.97 Å². The van der Waals surface area contributed by atoms with Gasteiger partial charge in [0.15, 0.2) is 0 Å². The second kappa shape index (κ2) is 9.03. The molecule has 1 fully saturated rings. The van der Waals surface area contributed by atoms with Gasteiger partial charge in [0.25, 0.3) is 0 Å². The standard InChI is InChI=1S/C19H25ClN2O4/c1-3-26-18(25)19(12-15-6-4-5-7-16(15)20)8-10-22(11-9-19)17(24)13-21-14(2)23/h4-7H,3,8-13H2,1-2H3,(H,21,23). The molecule has 0 atom stereocenters. The number of esters is 1. The molecular weight excluding hydrogens is 356 g/mol. The van der Waals surface area contributed by atoms with Crippen molar-refractivity contribution in [3.05, 3.63) is 34.9 Å². The average Bonchev–Trinajstić information content (AvgIpc) is 2.62. The summed E-state index contributed by atoms with van der Waals surface area (Å²) in [5, 5.41) is 3.14. The largest absolute Gasteiger partial charge is 0.466 e. The van der Waals surface area contributed by atoms with Crippen molar-refractivity contribution in [3.8, 4) is 0 Å². The number of carbonyl (C=O) groups is 3. The first-order valence-corrected chi connectivity index (χ1v) is 9.18. The van der Waals surface area contributed by atoms with Gasteiger partial charge in [-0.15, -0.1) is 0 Å². The van der Waals surface area contributed by atoms with E-state index in [0.29, 0.717) is 44.0 Å². The zero-order valence-corrected chi connectivity index (χ0v) is 16.0. The molecule has 1 aromatic rings. The van der Waals surface area contributed by atoms with E-state index >= 15 is 0 Å². The van der Waals surface area contributed by atoms with Crippen LogP contribution in [0.15, 0.2) is 24.3 Å². The van der Waals surface area contributed by atoms with Gasteiger partial charge in [-0.1, -0.05) is 29.8 Å². The van der Waals surface area contributed by atoms with Crippen LogP contribution in [-0.4, -0.2) is 48.9 Å². The molecule has 0 bridgehead atoms. The maximum Gasteiger partial charge on any atom is 0.312 e. The van der Waals surface area contributed by atoms with Crippen molar-refractivity contribution in [3.63, 3.8) is 0 Å². The van der Waals surface area contributed by atoms with Crippen molar-refractivity contribution in [1.29, 1.82) is 0 Å². The Labute approximate surface area is 158 Å². The topological polar surface area (TPSA) is 75.7 Å². The lowest BCUT2D eigenvalue weighted by Crippen LogP contribution is -2.50. The Hall–Kier alpha value is -2.08. The van der Waals surface area contributed by atoms with Gasteiger partial charge in [-0.05, 0) is 37.8 Å². The van der Waals surface area contributed by atoms with Gasteiger partial charge in [-0.25, -0.2) is 0 Å². The van der Waals surface area contributed by atoms with Gasteiger partial charge in [0.05, 0.1) is 18.6 Å². The van der Waals surface area contributed by atoms with E-state index < -0.39 is 5.41 Å². The van der Waals surface area contributed by atoms with Crippen LogP contribution >= 0.6 is 11.6 Å². The van der Waals surface area contributed by atoms with Gasteiger partial charge in [0.2, 0.25) is 11.8 Å². The first kappa shape index (κ1) is 20.2. The molecule has 1 N–H and O–H groups in total. The van der Waals surface area contributed by atoms with Crippen LogP contribution < -0.4 is 5.32 Å². The van der Waals surface area contributed by atoms with Crippen molar-refractivity contribution in [1.82, 2.24) is 10.2 Å². The third kappa shape index (κ3) is 4.97. The summed E-state index contributed by atoms with van der Waals surface area (Å²) in [4.78, 5) is 37.6. The van der Waals surface area contributed by atoms with Crippen LogP contribution in [0.3, 0.4) is 0 Å². The molecule has 1 aromatic carbocycles. The maximum absolute atomic E-state index is 12.7. The van der Waals surface area contributed by atoms with E-state index in [1.807, 2.05) is 24.3 Å². The third-order valence-electron chi connectivity index (χ3n) is 4.76. The SMILES string of the molecule is CCOC(=O)C1(Cc2ccccc2Cl)CCN(C(=O)CNC(C)=O)CC1. The summed E-state index contributed by atoms with van der Waals surface area (Å²) in [6.45, 7) is 4.34. The van der Waals surface area contributed by atoms with E-state index in [4.69, 9.17) is 16.3 Å². The molecule has 0 saturated carbocycles. The fraction of sp³-hybridized carbons (Fsp3) is 0.526. The van der Waals surface area contributed by atoms with Gasteiger partial charge in [-0.3, -0.25) is 14.4 Å². The summed E-state index contributed by atoms with van der Waals surface area (Å²) >= 11 is 6.28. The molecule has 1 aliphatic rings. The van der Waals surface area contributed by atoms with Crippen molar-refractivity contribution >= 4 is 29.4 Å². The minimum atomic E-state index is -0.689. The Morgan fingerprint density at radius 1 is 1.23 bits per heavy atom. The molecule has 0 aliphatic carbocycles. The molecule has 2 amide bonds. The van der Waals surface area contributed by atoms with Crippen molar-refractivity contribution in [2.45, 2.75) is 33.1 Å². The van der Waals surface area contributed by atoms with E-state index in [-0.39, 0.29) is 24.3 Å².